The number of hydrogen-bond donors (Lipinski definition) is 1. The minimum absolute atomic E-state index is 0.154. The van der Waals surface area contributed by atoms with Crippen LogP contribution in [0.4, 0.5) is 0 Å². The minimum atomic E-state index is -1.66. The lowest BCUT2D eigenvalue weighted by atomic mass is 10.1. The molecule has 2 nitrogen and oxygen atoms in total. The molecule has 0 aliphatic heterocycles. The molecule has 0 bridgehead atoms. The second kappa shape index (κ2) is 4.77. The van der Waals surface area contributed by atoms with Gasteiger partial charge in [-0.05, 0) is 25.1 Å². The summed E-state index contributed by atoms with van der Waals surface area (Å²) in [7, 11) is -1.66. The highest BCUT2D eigenvalue weighted by Gasteiger charge is 2.38. The lowest BCUT2D eigenvalue weighted by molar-refractivity contribution is 0.0984. The van der Waals surface area contributed by atoms with E-state index in [0.717, 1.165) is 0 Å². The number of rotatable bonds is 4. The molecule has 0 aromatic rings. The van der Waals surface area contributed by atoms with Crippen LogP contribution in [-0.2, 0) is 4.43 Å². The van der Waals surface area contributed by atoms with Gasteiger partial charge in [0.05, 0.1) is 0 Å². The smallest absolute Gasteiger partial charge is 0.192 e. The summed E-state index contributed by atoms with van der Waals surface area (Å²) in [6.07, 6.45) is 0.154. The van der Waals surface area contributed by atoms with Crippen molar-refractivity contribution in [3.8, 4) is 0 Å². The summed E-state index contributed by atoms with van der Waals surface area (Å²) < 4.78 is 6.13. The van der Waals surface area contributed by atoms with Crippen molar-refractivity contribution >= 4 is 8.32 Å². The van der Waals surface area contributed by atoms with Gasteiger partial charge in [0, 0.05) is 18.6 Å². The van der Waals surface area contributed by atoms with Crippen LogP contribution in [0.15, 0.2) is 0 Å². The lowest BCUT2D eigenvalue weighted by Gasteiger charge is -2.39. The van der Waals surface area contributed by atoms with Crippen LogP contribution < -0.4 is 0 Å². The molecule has 0 aromatic heterocycles. The molecule has 0 heterocycles. The Hall–Kier alpha value is 0.137. The molecule has 0 amide bonds. The van der Waals surface area contributed by atoms with Crippen molar-refractivity contribution in [2.24, 2.45) is 5.92 Å². The monoisotopic (exact) mass is 218 g/mol. The van der Waals surface area contributed by atoms with Gasteiger partial charge in [-0.2, -0.15) is 0 Å². The summed E-state index contributed by atoms with van der Waals surface area (Å²) in [6.45, 7) is 15.5. The van der Waals surface area contributed by atoms with E-state index in [1.807, 2.05) is 6.92 Å². The van der Waals surface area contributed by atoms with Gasteiger partial charge in [0.1, 0.15) is 0 Å². The van der Waals surface area contributed by atoms with E-state index in [1.165, 1.54) is 0 Å². The van der Waals surface area contributed by atoms with Crippen molar-refractivity contribution in [1.29, 1.82) is 0 Å². The Morgan fingerprint density at radius 1 is 1.21 bits per heavy atom. The zero-order chi connectivity index (χ0) is 11.6. The molecule has 0 fully saturated rings. The third-order valence-electron chi connectivity index (χ3n) is 3.38. The Kier molecular flexibility index (Phi) is 4.82. The van der Waals surface area contributed by atoms with Crippen LogP contribution in [0, 0.1) is 5.92 Å². The quantitative estimate of drug-likeness (QED) is 0.735. The highest BCUT2D eigenvalue weighted by molar-refractivity contribution is 6.74. The lowest BCUT2D eigenvalue weighted by Crippen LogP contribution is -2.45. The van der Waals surface area contributed by atoms with Crippen molar-refractivity contribution in [2.75, 3.05) is 6.61 Å². The zero-order valence-electron chi connectivity index (χ0n) is 10.7. The minimum Gasteiger partial charge on any atom is -0.414 e. The molecule has 0 saturated heterocycles. The molecule has 2 atom stereocenters. The van der Waals surface area contributed by atoms with Gasteiger partial charge < -0.3 is 9.53 Å². The largest absolute Gasteiger partial charge is 0.414 e. The summed E-state index contributed by atoms with van der Waals surface area (Å²) in [5.74, 6) is 0.226. The maximum absolute atomic E-state index is 9.04. The van der Waals surface area contributed by atoms with Crippen molar-refractivity contribution < 1.29 is 9.53 Å². The Morgan fingerprint density at radius 3 is 1.93 bits per heavy atom. The second-order valence-electron chi connectivity index (χ2n) is 5.74. The third kappa shape index (κ3) is 3.71. The van der Waals surface area contributed by atoms with E-state index in [-0.39, 0.29) is 23.7 Å². The van der Waals surface area contributed by atoms with Crippen LogP contribution in [0.5, 0.6) is 0 Å². The van der Waals surface area contributed by atoms with E-state index >= 15 is 0 Å². The molecule has 0 aliphatic carbocycles. The van der Waals surface area contributed by atoms with Crippen LogP contribution in [-0.4, -0.2) is 26.1 Å². The van der Waals surface area contributed by atoms with Gasteiger partial charge in [0.25, 0.3) is 0 Å². The zero-order valence-corrected chi connectivity index (χ0v) is 11.7. The highest BCUT2D eigenvalue weighted by atomic mass is 28.4. The molecule has 3 heteroatoms. The van der Waals surface area contributed by atoms with Crippen LogP contribution >= 0.6 is 0 Å². The van der Waals surface area contributed by atoms with Crippen molar-refractivity contribution in [2.45, 2.75) is 58.9 Å². The first-order chi connectivity index (χ1) is 6.12. The molecule has 0 aromatic carbocycles. The molecule has 0 saturated carbocycles. The van der Waals surface area contributed by atoms with Gasteiger partial charge in [-0.3, -0.25) is 0 Å². The first kappa shape index (κ1) is 14.1. The van der Waals surface area contributed by atoms with Gasteiger partial charge in [-0.1, -0.05) is 27.7 Å². The molecule has 0 aliphatic rings. The van der Waals surface area contributed by atoms with E-state index in [9.17, 15) is 0 Å². The van der Waals surface area contributed by atoms with E-state index in [2.05, 4.69) is 40.8 Å². The molecule has 14 heavy (non-hydrogen) atoms. The Bertz CT molecular complexity index is 173. The highest BCUT2D eigenvalue weighted by Crippen LogP contribution is 2.37. The third-order valence-corrected chi connectivity index (χ3v) is 7.95. The SMILES string of the molecule is CC(O[Si](C)(C)C(C)(C)C)[C@H](C)CO. The molecule has 0 rings (SSSR count). The number of aliphatic hydroxyl groups is 1. The summed E-state index contributed by atoms with van der Waals surface area (Å²) in [6, 6.07) is 0. The van der Waals surface area contributed by atoms with Gasteiger partial charge in [0.2, 0.25) is 0 Å². The Morgan fingerprint density at radius 2 is 1.64 bits per heavy atom. The van der Waals surface area contributed by atoms with E-state index in [1.54, 1.807) is 0 Å². The fourth-order valence-electron chi connectivity index (χ4n) is 0.906. The van der Waals surface area contributed by atoms with Crippen LogP contribution in [0.25, 0.3) is 0 Å². The first-order valence-corrected chi connectivity index (χ1v) is 8.31. The number of hydrogen-bond acceptors (Lipinski definition) is 2. The summed E-state index contributed by atoms with van der Waals surface area (Å²) in [4.78, 5) is 0. The van der Waals surface area contributed by atoms with E-state index in [4.69, 9.17) is 9.53 Å². The fraction of sp³-hybridized carbons (Fsp3) is 1.00. The topological polar surface area (TPSA) is 29.5 Å². The predicted molar refractivity (Wildman–Crippen MR) is 64.0 cm³/mol. The maximum atomic E-state index is 9.04. The summed E-state index contributed by atoms with van der Waals surface area (Å²) in [5, 5.41) is 9.29. The molecule has 0 radical (unpaired) electrons. The molecule has 1 N–H and O–H groups in total. The van der Waals surface area contributed by atoms with Crippen LogP contribution in [0.2, 0.25) is 18.1 Å². The average Bonchev–Trinajstić information content (AvgIpc) is 2.00. The van der Waals surface area contributed by atoms with Crippen LogP contribution in [0.3, 0.4) is 0 Å². The standard InChI is InChI=1S/C11H26O2Si/c1-9(8-12)10(2)13-14(6,7)11(3,4)5/h9-10,12H,8H2,1-7H3/t9-,10?/m1/s1. The second-order valence-corrected chi connectivity index (χ2v) is 10.5. The first-order valence-electron chi connectivity index (χ1n) is 5.40. The Balaban J connectivity index is 4.36. The fourth-order valence-corrected chi connectivity index (χ4v) is 2.42. The maximum Gasteiger partial charge on any atom is 0.192 e. The van der Waals surface area contributed by atoms with E-state index in [0.29, 0.717) is 0 Å². The molecular formula is C11H26O2Si. The van der Waals surface area contributed by atoms with Crippen molar-refractivity contribution in [3.63, 3.8) is 0 Å². The van der Waals surface area contributed by atoms with Crippen molar-refractivity contribution in [1.82, 2.24) is 0 Å². The number of aliphatic hydroxyl groups excluding tert-OH is 1. The van der Waals surface area contributed by atoms with E-state index < -0.39 is 8.32 Å². The molecule has 1 unspecified atom stereocenters. The van der Waals surface area contributed by atoms with Gasteiger partial charge >= 0.3 is 0 Å². The van der Waals surface area contributed by atoms with Gasteiger partial charge in [-0.25, -0.2) is 0 Å². The summed E-state index contributed by atoms with van der Waals surface area (Å²) in [5.41, 5.74) is 0. The Labute approximate surface area is 89.8 Å². The average molecular weight is 218 g/mol. The molecule has 0 spiro atoms. The van der Waals surface area contributed by atoms with Gasteiger partial charge in [0.15, 0.2) is 8.32 Å². The predicted octanol–water partition coefficient (Wildman–Crippen LogP) is 3.03. The van der Waals surface area contributed by atoms with Crippen LogP contribution in [0.1, 0.15) is 34.6 Å². The normalized spacial score (nSPS) is 18.0. The molecular weight excluding hydrogens is 192 g/mol. The molecule has 86 valence electrons. The van der Waals surface area contributed by atoms with Crippen molar-refractivity contribution in [3.05, 3.63) is 0 Å². The van der Waals surface area contributed by atoms with Gasteiger partial charge in [-0.15, -0.1) is 0 Å². The summed E-state index contributed by atoms with van der Waals surface area (Å²) >= 11 is 0.